The maximum atomic E-state index is 10.7. The van der Waals surface area contributed by atoms with Gasteiger partial charge in [-0.05, 0) is 11.6 Å². The number of nitro groups is 1. The highest BCUT2D eigenvalue weighted by Gasteiger charge is 2.13. The van der Waals surface area contributed by atoms with E-state index in [9.17, 15) is 10.1 Å². The second-order valence-corrected chi connectivity index (χ2v) is 4.91. The number of aryl methyl sites for hydroxylation is 1. The zero-order valence-electron chi connectivity index (χ0n) is 9.41. The van der Waals surface area contributed by atoms with Gasteiger partial charge in [-0.2, -0.15) is 0 Å². The summed E-state index contributed by atoms with van der Waals surface area (Å²) in [6.07, 6.45) is 1.60. The lowest BCUT2D eigenvalue weighted by Gasteiger charge is -2.02. The van der Waals surface area contributed by atoms with Crippen LogP contribution in [0.15, 0.2) is 29.7 Å². The molecule has 0 spiro atoms. The standard InChI is InChI=1S/C10H9ClN4O2S/c1-14-6-12-13-10(14)18-5-7-2-3-8(11)9(4-7)15(16)17/h2-4,6H,5H2,1H3. The van der Waals surface area contributed by atoms with E-state index in [-0.39, 0.29) is 10.7 Å². The van der Waals surface area contributed by atoms with Crippen molar-refractivity contribution >= 4 is 29.1 Å². The Balaban J connectivity index is 2.13. The monoisotopic (exact) mass is 284 g/mol. The Bertz CT molecular complexity index is 587. The molecule has 0 atom stereocenters. The first-order chi connectivity index (χ1) is 8.58. The second-order valence-electron chi connectivity index (χ2n) is 3.56. The van der Waals surface area contributed by atoms with Gasteiger partial charge >= 0.3 is 0 Å². The van der Waals surface area contributed by atoms with Crippen molar-refractivity contribution in [2.75, 3.05) is 0 Å². The molecule has 0 aliphatic heterocycles. The number of thioether (sulfide) groups is 1. The highest BCUT2D eigenvalue weighted by Crippen LogP contribution is 2.28. The van der Waals surface area contributed by atoms with Crippen LogP contribution >= 0.6 is 23.4 Å². The highest BCUT2D eigenvalue weighted by molar-refractivity contribution is 7.98. The van der Waals surface area contributed by atoms with Crippen LogP contribution in [0.5, 0.6) is 0 Å². The summed E-state index contributed by atoms with van der Waals surface area (Å²) in [6.45, 7) is 0. The lowest BCUT2D eigenvalue weighted by atomic mass is 10.2. The number of halogens is 1. The summed E-state index contributed by atoms with van der Waals surface area (Å²) in [7, 11) is 1.84. The second kappa shape index (κ2) is 5.36. The SMILES string of the molecule is Cn1cnnc1SCc1ccc(Cl)c([N+](=O)[O-])c1. The number of nitro benzene ring substituents is 1. The molecule has 94 valence electrons. The minimum atomic E-state index is -0.487. The molecule has 0 bridgehead atoms. The molecule has 2 aromatic rings. The van der Waals surface area contributed by atoms with Crippen LogP contribution in [0, 0.1) is 10.1 Å². The van der Waals surface area contributed by atoms with Crippen molar-refractivity contribution < 1.29 is 4.92 Å². The lowest BCUT2D eigenvalue weighted by Crippen LogP contribution is -1.93. The van der Waals surface area contributed by atoms with Crippen LogP contribution in [0.1, 0.15) is 5.56 Å². The van der Waals surface area contributed by atoms with Crippen molar-refractivity contribution in [2.45, 2.75) is 10.9 Å². The van der Waals surface area contributed by atoms with E-state index in [1.807, 2.05) is 7.05 Å². The maximum Gasteiger partial charge on any atom is 0.288 e. The minimum absolute atomic E-state index is 0.0762. The number of hydrogen-bond acceptors (Lipinski definition) is 5. The molecule has 6 nitrogen and oxygen atoms in total. The minimum Gasteiger partial charge on any atom is -0.312 e. The van der Waals surface area contributed by atoms with E-state index in [1.54, 1.807) is 17.0 Å². The molecule has 0 saturated heterocycles. The smallest absolute Gasteiger partial charge is 0.288 e. The Morgan fingerprint density at radius 3 is 2.94 bits per heavy atom. The molecule has 0 aliphatic carbocycles. The fourth-order valence-corrected chi connectivity index (χ4v) is 2.36. The van der Waals surface area contributed by atoms with Crippen LogP contribution in [-0.4, -0.2) is 19.7 Å². The van der Waals surface area contributed by atoms with Gasteiger partial charge in [0, 0.05) is 18.9 Å². The molecule has 0 aliphatic rings. The Morgan fingerprint density at radius 1 is 1.56 bits per heavy atom. The van der Waals surface area contributed by atoms with E-state index >= 15 is 0 Å². The summed E-state index contributed by atoms with van der Waals surface area (Å²) in [5.74, 6) is 0.574. The lowest BCUT2D eigenvalue weighted by molar-refractivity contribution is -0.384. The van der Waals surface area contributed by atoms with Gasteiger partial charge in [0.1, 0.15) is 11.3 Å². The molecule has 18 heavy (non-hydrogen) atoms. The van der Waals surface area contributed by atoms with E-state index in [0.717, 1.165) is 10.7 Å². The maximum absolute atomic E-state index is 10.7. The van der Waals surface area contributed by atoms with Crippen LogP contribution in [0.3, 0.4) is 0 Å². The van der Waals surface area contributed by atoms with Gasteiger partial charge in [0.15, 0.2) is 5.16 Å². The van der Waals surface area contributed by atoms with Gasteiger partial charge in [-0.3, -0.25) is 10.1 Å². The van der Waals surface area contributed by atoms with Gasteiger partial charge in [0.05, 0.1) is 4.92 Å². The fraction of sp³-hybridized carbons (Fsp3) is 0.200. The first kappa shape index (κ1) is 12.8. The van der Waals surface area contributed by atoms with E-state index < -0.39 is 4.92 Å². The highest BCUT2D eigenvalue weighted by atomic mass is 35.5. The normalized spacial score (nSPS) is 10.6. The molecule has 0 amide bonds. The molecule has 1 heterocycles. The van der Waals surface area contributed by atoms with Crippen LogP contribution in [0.2, 0.25) is 5.02 Å². The van der Waals surface area contributed by atoms with Crippen molar-refractivity contribution in [3.63, 3.8) is 0 Å². The third-order valence-electron chi connectivity index (χ3n) is 2.25. The number of hydrogen-bond donors (Lipinski definition) is 0. The van der Waals surface area contributed by atoms with Crippen LogP contribution in [-0.2, 0) is 12.8 Å². The van der Waals surface area contributed by atoms with Crippen LogP contribution < -0.4 is 0 Å². The molecule has 0 radical (unpaired) electrons. The van der Waals surface area contributed by atoms with Gasteiger partial charge in [-0.15, -0.1) is 10.2 Å². The quantitative estimate of drug-likeness (QED) is 0.490. The zero-order valence-corrected chi connectivity index (χ0v) is 11.0. The molecule has 2 rings (SSSR count). The fourth-order valence-electron chi connectivity index (χ4n) is 1.34. The Morgan fingerprint density at radius 2 is 2.33 bits per heavy atom. The van der Waals surface area contributed by atoms with Gasteiger partial charge in [0.2, 0.25) is 0 Å². The van der Waals surface area contributed by atoms with Gasteiger partial charge < -0.3 is 4.57 Å². The van der Waals surface area contributed by atoms with Gasteiger partial charge in [-0.1, -0.05) is 29.4 Å². The van der Waals surface area contributed by atoms with Crippen molar-refractivity contribution in [3.8, 4) is 0 Å². The molecular formula is C10H9ClN4O2S. The summed E-state index contributed by atoms with van der Waals surface area (Å²) < 4.78 is 1.79. The predicted molar refractivity (Wildman–Crippen MR) is 68.7 cm³/mol. The van der Waals surface area contributed by atoms with Crippen molar-refractivity contribution in [3.05, 3.63) is 45.2 Å². The molecule has 0 fully saturated rings. The third-order valence-corrected chi connectivity index (χ3v) is 3.67. The largest absolute Gasteiger partial charge is 0.312 e. The molecule has 8 heteroatoms. The first-order valence-corrected chi connectivity index (χ1v) is 6.34. The Kier molecular flexibility index (Phi) is 3.83. The summed E-state index contributed by atoms with van der Waals surface area (Å²) >= 11 is 7.20. The van der Waals surface area contributed by atoms with Crippen molar-refractivity contribution in [2.24, 2.45) is 7.05 Å². The average Bonchev–Trinajstić information content (AvgIpc) is 2.73. The van der Waals surface area contributed by atoms with Gasteiger partial charge in [-0.25, -0.2) is 0 Å². The number of nitrogens with zero attached hydrogens (tertiary/aromatic N) is 4. The van der Waals surface area contributed by atoms with Crippen LogP contribution in [0.25, 0.3) is 0 Å². The summed E-state index contributed by atoms with van der Waals surface area (Å²) in [4.78, 5) is 10.3. The average molecular weight is 285 g/mol. The third kappa shape index (κ3) is 2.80. The predicted octanol–water partition coefficient (Wildman–Crippen LogP) is 2.67. The van der Waals surface area contributed by atoms with Crippen LogP contribution in [0.4, 0.5) is 5.69 Å². The Labute approximate surface area is 112 Å². The number of benzene rings is 1. The summed E-state index contributed by atoms with van der Waals surface area (Å²) in [5.41, 5.74) is 0.742. The van der Waals surface area contributed by atoms with Gasteiger partial charge in [0.25, 0.3) is 5.69 Å². The number of aromatic nitrogens is 3. The first-order valence-electron chi connectivity index (χ1n) is 4.97. The molecule has 0 N–H and O–H groups in total. The topological polar surface area (TPSA) is 73.8 Å². The van der Waals surface area contributed by atoms with Crippen molar-refractivity contribution in [1.29, 1.82) is 0 Å². The molecule has 1 aromatic carbocycles. The molecule has 0 saturated carbocycles. The zero-order chi connectivity index (χ0) is 13.1. The molecule has 1 aromatic heterocycles. The molecular weight excluding hydrogens is 276 g/mol. The summed E-state index contributed by atoms with van der Waals surface area (Å²) in [5, 5.41) is 19.3. The van der Waals surface area contributed by atoms with E-state index in [0.29, 0.717) is 5.75 Å². The van der Waals surface area contributed by atoms with Crippen molar-refractivity contribution in [1.82, 2.24) is 14.8 Å². The van der Waals surface area contributed by atoms with E-state index in [4.69, 9.17) is 11.6 Å². The summed E-state index contributed by atoms with van der Waals surface area (Å²) in [6, 6.07) is 4.77. The molecule has 0 unspecified atom stereocenters. The number of rotatable bonds is 4. The Hall–Kier alpha value is -1.60. The van der Waals surface area contributed by atoms with E-state index in [1.165, 1.54) is 23.9 Å². The van der Waals surface area contributed by atoms with E-state index in [2.05, 4.69) is 10.2 Å².